The summed E-state index contributed by atoms with van der Waals surface area (Å²) in [6.07, 6.45) is 3.41. The molecule has 0 spiro atoms. The number of hydrogen-bond donors (Lipinski definition) is 0. The molecule has 68 valence electrons. The third-order valence-corrected chi connectivity index (χ3v) is 2.45. The van der Waals surface area contributed by atoms with Crippen molar-refractivity contribution in [3.05, 3.63) is 30.0 Å². The van der Waals surface area contributed by atoms with E-state index < -0.39 is 0 Å². The fourth-order valence-electron chi connectivity index (χ4n) is 1.40. The van der Waals surface area contributed by atoms with Crippen LogP contribution in [0.3, 0.4) is 0 Å². The Kier molecular flexibility index (Phi) is 1.69. The Labute approximate surface area is 76.8 Å². The molecule has 2 heterocycles. The molecule has 0 saturated carbocycles. The maximum absolute atomic E-state index is 3.78. The summed E-state index contributed by atoms with van der Waals surface area (Å²) in [7, 11) is 2.04. The van der Waals surface area contributed by atoms with E-state index in [1.165, 1.54) is 11.3 Å². The van der Waals surface area contributed by atoms with Crippen LogP contribution in [0.1, 0.15) is 11.3 Å². The second-order valence-corrected chi connectivity index (χ2v) is 3.20. The molecule has 0 amide bonds. The van der Waals surface area contributed by atoms with Gasteiger partial charge >= 0.3 is 0 Å². The Balaban J connectivity index is 2.59. The van der Waals surface area contributed by atoms with E-state index in [1.807, 2.05) is 11.6 Å². The molecule has 2 rings (SSSR count). The molecule has 0 radical (unpaired) electrons. The van der Waals surface area contributed by atoms with Crippen molar-refractivity contribution in [1.82, 2.24) is 19.3 Å². The molecule has 0 fully saturated rings. The van der Waals surface area contributed by atoms with E-state index in [9.17, 15) is 0 Å². The first-order valence-corrected chi connectivity index (χ1v) is 4.18. The summed E-state index contributed by atoms with van der Waals surface area (Å²) in [5.74, 6) is 1.10. The van der Waals surface area contributed by atoms with Crippen LogP contribution in [0.25, 0.3) is 5.82 Å². The minimum atomic E-state index is 1.10. The summed E-state index contributed by atoms with van der Waals surface area (Å²) < 4.78 is 4.03. The average molecular weight is 176 g/mol. The molecule has 0 saturated heterocycles. The molecule has 0 N–H and O–H groups in total. The van der Waals surface area contributed by atoms with Crippen molar-refractivity contribution in [1.29, 1.82) is 0 Å². The van der Waals surface area contributed by atoms with Gasteiger partial charge in [0, 0.05) is 12.7 Å². The van der Waals surface area contributed by atoms with E-state index >= 15 is 0 Å². The third kappa shape index (κ3) is 1.14. The normalized spacial score (nSPS) is 10.7. The first-order chi connectivity index (χ1) is 6.20. The van der Waals surface area contributed by atoms with Gasteiger partial charge in [-0.05, 0) is 25.5 Å². The number of hydrogen-bond acceptors (Lipinski definition) is 2. The van der Waals surface area contributed by atoms with E-state index in [4.69, 9.17) is 0 Å². The number of rotatable bonds is 1. The van der Waals surface area contributed by atoms with E-state index in [-0.39, 0.29) is 0 Å². The number of nitrogens with zero attached hydrogens (tertiary/aromatic N) is 4. The highest BCUT2D eigenvalue weighted by molar-refractivity contribution is 5.35. The van der Waals surface area contributed by atoms with Gasteiger partial charge in [0.2, 0.25) is 0 Å². The van der Waals surface area contributed by atoms with E-state index in [2.05, 4.69) is 34.7 Å². The number of aryl methyl sites for hydroxylation is 1. The lowest BCUT2D eigenvalue weighted by Crippen LogP contribution is -2.00. The quantitative estimate of drug-likeness (QED) is 0.655. The Bertz CT molecular complexity index is 411. The van der Waals surface area contributed by atoms with Gasteiger partial charge in [0.15, 0.2) is 0 Å². The highest BCUT2D eigenvalue weighted by Gasteiger charge is 2.06. The lowest BCUT2D eigenvalue weighted by molar-refractivity contribution is 0.813. The van der Waals surface area contributed by atoms with Gasteiger partial charge in [-0.3, -0.25) is 4.57 Å². The summed E-state index contributed by atoms with van der Waals surface area (Å²) in [6, 6.07) is 2.12. The summed E-state index contributed by atoms with van der Waals surface area (Å²) >= 11 is 0. The Morgan fingerprint density at radius 3 is 2.23 bits per heavy atom. The lowest BCUT2D eigenvalue weighted by Gasteiger charge is -2.03. The van der Waals surface area contributed by atoms with Crippen LogP contribution in [0.15, 0.2) is 18.7 Å². The molecule has 0 aliphatic heterocycles. The fourth-order valence-corrected chi connectivity index (χ4v) is 1.40. The Hall–Kier alpha value is -1.58. The predicted octanol–water partition coefficient (Wildman–Crippen LogP) is 1.22. The van der Waals surface area contributed by atoms with Crippen LogP contribution < -0.4 is 0 Å². The highest BCUT2D eigenvalue weighted by Crippen LogP contribution is 2.15. The molecule has 0 unspecified atom stereocenters. The molecule has 0 aromatic carbocycles. The van der Waals surface area contributed by atoms with Crippen molar-refractivity contribution in [3.8, 4) is 5.82 Å². The number of aromatic nitrogens is 4. The first kappa shape index (κ1) is 8.04. The molecule has 0 aliphatic rings. The highest BCUT2D eigenvalue weighted by atomic mass is 15.3. The van der Waals surface area contributed by atoms with Crippen LogP contribution in [0.5, 0.6) is 0 Å². The summed E-state index contributed by atoms with van der Waals surface area (Å²) in [5.41, 5.74) is 2.55. The van der Waals surface area contributed by atoms with Gasteiger partial charge in [0.05, 0.1) is 0 Å². The summed E-state index contributed by atoms with van der Waals surface area (Å²) in [5, 5.41) is 7.56. The molecule has 2 aromatic heterocycles. The standard InChI is InChI=1S/C9H12N4/c1-7-4-9(12(3)8(7)2)13-5-10-11-6-13/h4-6H,1-3H3. The monoisotopic (exact) mass is 176 g/mol. The van der Waals surface area contributed by atoms with E-state index in [0.717, 1.165) is 5.82 Å². The maximum Gasteiger partial charge on any atom is 0.125 e. The van der Waals surface area contributed by atoms with Crippen LogP contribution in [-0.4, -0.2) is 19.3 Å². The van der Waals surface area contributed by atoms with Crippen molar-refractivity contribution in [2.45, 2.75) is 13.8 Å². The van der Waals surface area contributed by atoms with Crippen LogP contribution in [-0.2, 0) is 7.05 Å². The second-order valence-electron chi connectivity index (χ2n) is 3.20. The topological polar surface area (TPSA) is 35.6 Å². The molecule has 4 nitrogen and oxygen atoms in total. The molecule has 0 aliphatic carbocycles. The van der Waals surface area contributed by atoms with Gasteiger partial charge in [-0.25, -0.2) is 0 Å². The molecular weight excluding hydrogens is 164 g/mol. The molecule has 0 bridgehead atoms. The first-order valence-electron chi connectivity index (χ1n) is 4.18. The van der Waals surface area contributed by atoms with Gasteiger partial charge in [0.25, 0.3) is 0 Å². The third-order valence-electron chi connectivity index (χ3n) is 2.45. The van der Waals surface area contributed by atoms with Gasteiger partial charge in [-0.2, -0.15) is 0 Å². The second kappa shape index (κ2) is 2.73. The zero-order valence-corrected chi connectivity index (χ0v) is 8.02. The molecule has 4 heteroatoms. The lowest BCUT2D eigenvalue weighted by atomic mass is 10.3. The average Bonchev–Trinajstić information content (AvgIpc) is 2.70. The Morgan fingerprint density at radius 1 is 1.15 bits per heavy atom. The summed E-state index contributed by atoms with van der Waals surface area (Å²) in [6.45, 7) is 4.20. The van der Waals surface area contributed by atoms with Crippen molar-refractivity contribution < 1.29 is 0 Å². The predicted molar refractivity (Wildman–Crippen MR) is 49.8 cm³/mol. The zero-order valence-electron chi connectivity index (χ0n) is 8.02. The molecular formula is C9H12N4. The van der Waals surface area contributed by atoms with Crippen LogP contribution >= 0.6 is 0 Å². The van der Waals surface area contributed by atoms with Crippen LogP contribution in [0, 0.1) is 13.8 Å². The van der Waals surface area contributed by atoms with Gasteiger partial charge in [-0.15, -0.1) is 10.2 Å². The van der Waals surface area contributed by atoms with Gasteiger partial charge in [0.1, 0.15) is 18.5 Å². The van der Waals surface area contributed by atoms with Crippen molar-refractivity contribution >= 4 is 0 Å². The molecule has 0 atom stereocenters. The van der Waals surface area contributed by atoms with Crippen molar-refractivity contribution in [2.24, 2.45) is 7.05 Å². The van der Waals surface area contributed by atoms with Crippen molar-refractivity contribution in [2.75, 3.05) is 0 Å². The molecule has 13 heavy (non-hydrogen) atoms. The smallest absolute Gasteiger partial charge is 0.125 e. The minimum absolute atomic E-state index is 1.10. The SMILES string of the molecule is Cc1cc(-n2cnnc2)n(C)c1C. The van der Waals surface area contributed by atoms with Crippen LogP contribution in [0.2, 0.25) is 0 Å². The Morgan fingerprint density at radius 2 is 1.77 bits per heavy atom. The fraction of sp³-hybridized carbons (Fsp3) is 0.333. The van der Waals surface area contributed by atoms with Gasteiger partial charge in [-0.1, -0.05) is 0 Å². The maximum atomic E-state index is 3.78. The van der Waals surface area contributed by atoms with Crippen molar-refractivity contribution in [3.63, 3.8) is 0 Å². The summed E-state index contributed by atoms with van der Waals surface area (Å²) in [4.78, 5) is 0. The zero-order chi connectivity index (χ0) is 9.42. The largest absolute Gasteiger partial charge is 0.334 e. The van der Waals surface area contributed by atoms with E-state index in [0.29, 0.717) is 0 Å². The molecule has 2 aromatic rings. The van der Waals surface area contributed by atoms with Crippen LogP contribution in [0.4, 0.5) is 0 Å². The van der Waals surface area contributed by atoms with E-state index in [1.54, 1.807) is 12.7 Å². The van der Waals surface area contributed by atoms with Gasteiger partial charge < -0.3 is 4.57 Å². The minimum Gasteiger partial charge on any atom is -0.334 e.